The molecule has 0 amide bonds. The molecule has 0 saturated heterocycles. The van der Waals surface area contributed by atoms with Crippen LogP contribution in [-0.2, 0) is 9.53 Å². The standard InChI is InChI=1S/C21H19N3O5/c1-26-7-8-28-20-10-17-15(9-19(20)27-2)21(23-12-22-17)16-11-24(29-13-25)18-6-4-3-5-14(16)18/h3-6,9-13H,7-8H2,1-2H3. The lowest BCUT2D eigenvalue weighted by Gasteiger charge is -2.12. The van der Waals surface area contributed by atoms with Crippen molar-refractivity contribution in [3.05, 3.63) is 48.9 Å². The van der Waals surface area contributed by atoms with Gasteiger partial charge in [-0.2, -0.15) is 4.73 Å². The molecule has 0 unspecified atom stereocenters. The molecule has 29 heavy (non-hydrogen) atoms. The van der Waals surface area contributed by atoms with Crippen LogP contribution >= 0.6 is 0 Å². The van der Waals surface area contributed by atoms with E-state index in [1.807, 2.05) is 36.4 Å². The van der Waals surface area contributed by atoms with Gasteiger partial charge in [-0.15, -0.1) is 0 Å². The normalized spacial score (nSPS) is 11.0. The lowest BCUT2D eigenvalue weighted by molar-refractivity contribution is -0.128. The molecular weight excluding hydrogens is 374 g/mol. The second kappa shape index (κ2) is 8.15. The van der Waals surface area contributed by atoms with E-state index in [4.69, 9.17) is 19.0 Å². The van der Waals surface area contributed by atoms with E-state index in [1.165, 1.54) is 11.1 Å². The molecule has 0 fully saturated rings. The van der Waals surface area contributed by atoms with E-state index in [9.17, 15) is 4.79 Å². The number of carbonyl (C=O) groups excluding carboxylic acids is 1. The summed E-state index contributed by atoms with van der Waals surface area (Å²) in [7, 11) is 3.20. The molecule has 8 heteroatoms. The van der Waals surface area contributed by atoms with Gasteiger partial charge < -0.3 is 19.0 Å². The minimum Gasteiger partial charge on any atom is -0.493 e. The Balaban J connectivity index is 1.89. The Morgan fingerprint density at radius 2 is 1.90 bits per heavy atom. The molecule has 4 aromatic rings. The number of ether oxygens (including phenoxy) is 3. The number of aromatic nitrogens is 3. The zero-order valence-corrected chi connectivity index (χ0v) is 16.0. The highest BCUT2D eigenvalue weighted by atomic mass is 16.7. The highest BCUT2D eigenvalue weighted by molar-refractivity contribution is 6.03. The largest absolute Gasteiger partial charge is 0.493 e. The van der Waals surface area contributed by atoms with Crippen LogP contribution in [0.2, 0.25) is 0 Å². The number of methoxy groups -OCH3 is 2. The van der Waals surface area contributed by atoms with Gasteiger partial charge in [-0.3, -0.25) is 4.79 Å². The third-order valence-electron chi connectivity index (χ3n) is 4.56. The van der Waals surface area contributed by atoms with Crippen LogP contribution in [0.5, 0.6) is 11.5 Å². The minimum absolute atomic E-state index is 0.390. The molecule has 0 aliphatic heterocycles. The number of rotatable bonds is 8. The lowest BCUT2D eigenvalue weighted by Crippen LogP contribution is -2.06. The van der Waals surface area contributed by atoms with Gasteiger partial charge in [0.25, 0.3) is 0 Å². The van der Waals surface area contributed by atoms with Gasteiger partial charge in [-0.25, -0.2) is 9.97 Å². The van der Waals surface area contributed by atoms with Crippen LogP contribution in [0.3, 0.4) is 0 Å². The quantitative estimate of drug-likeness (QED) is 0.336. The second-order valence-electron chi connectivity index (χ2n) is 6.17. The topological polar surface area (TPSA) is 84.7 Å². The van der Waals surface area contributed by atoms with E-state index in [1.54, 1.807) is 20.4 Å². The van der Waals surface area contributed by atoms with E-state index in [0.717, 1.165) is 21.9 Å². The van der Waals surface area contributed by atoms with E-state index < -0.39 is 0 Å². The van der Waals surface area contributed by atoms with Gasteiger partial charge in [-0.05, 0) is 12.1 Å². The highest BCUT2D eigenvalue weighted by Crippen LogP contribution is 2.37. The van der Waals surface area contributed by atoms with Crippen molar-refractivity contribution in [2.75, 3.05) is 27.4 Å². The average molecular weight is 393 g/mol. The first kappa shape index (κ1) is 18.7. The maximum Gasteiger partial charge on any atom is 0.321 e. The predicted molar refractivity (Wildman–Crippen MR) is 107 cm³/mol. The third kappa shape index (κ3) is 3.45. The van der Waals surface area contributed by atoms with Crippen molar-refractivity contribution in [3.63, 3.8) is 0 Å². The molecule has 4 rings (SSSR count). The summed E-state index contributed by atoms with van der Waals surface area (Å²) < 4.78 is 17.7. The Hall–Kier alpha value is -3.65. The molecule has 0 saturated carbocycles. The Bertz CT molecular complexity index is 1170. The van der Waals surface area contributed by atoms with Crippen molar-refractivity contribution < 1.29 is 23.8 Å². The van der Waals surface area contributed by atoms with Crippen molar-refractivity contribution in [1.82, 2.24) is 14.7 Å². The van der Waals surface area contributed by atoms with E-state index in [-0.39, 0.29) is 0 Å². The Labute approximate surface area is 166 Å². The first-order chi connectivity index (χ1) is 14.3. The lowest BCUT2D eigenvalue weighted by atomic mass is 10.1. The summed E-state index contributed by atoms with van der Waals surface area (Å²) in [4.78, 5) is 24.9. The fraction of sp³-hybridized carbons (Fsp3) is 0.190. The molecule has 0 radical (unpaired) electrons. The van der Waals surface area contributed by atoms with Crippen LogP contribution < -0.4 is 14.3 Å². The number of benzene rings is 2. The fourth-order valence-corrected chi connectivity index (χ4v) is 3.26. The molecule has 2 heterocycles. The zero-order chi connectivity index (χ0) is 20.2. The number of para-hydroxylation sites is 1. The maximum absolute atomic E-state index is 10.9. The van der Waals surface area contributed by atoms with Gasteiger partial charge in [0.1, 0.15) is 12.9 Å². The molecule has 0 spiro atoms. The molecule has 0 atom stereocenters. The van der Waals surface area contributed by atoms with Gasteiger partial charge >= 0.3 is 6.47 Å². The van der Waals surface area contributed by atoms with Crippen LogP contribution in [0, 0.1) is 0 Å². The summed E-state index contributed by atoms with van der Waals surface area (Å²) >= 11 is 0. The molecule has 0 aliphatic rings. The summed E-state index contributed by atoms with van der Waals surface area (Å²) in [6.07, 6.45) is 3.23. The zero-order valence-electron chi connectivity index (χ0n) is 16.0. The van der Waals surface area contributed by atoms with E-state index >= 15 is 0 Å². The average Bonchev–Trinajstić information content (AvgIpc) is 3.11. The highest BCUT2D eigenvalue weighted by Gasteiger charge is 2.17. The van der Waals surface area contributed by atoms with Crippen molar-refractivity contribution >= 4 is 28.3 Å². The summed E-state index contributed by atoms with van der Waals surface area (Å²) in [6.45, 7) is 1.25. The maximum atomic E-state index is 10.9. The summed E-state index contributed by atoms with van der Waals surface area (Å²) in [5.74, 6) is 1.14. The van der Waals surface area contributed by atoms with Crippen LogP contribution in [0.15, 0.2) is 48.9 Å². The molecule has 0 aliphatic carbocycles. The number of hydrogen-bond donors (Lipinski definition) is 0. The second-order valence-corrected chi connectivity index (χ2v) is 6.17. The van der Waals surface area contributed by atoms with Gasteiger partial charge in [0.05, 0.1) is 36.6 Å². The SMILES string of the molecule is COCCOc1cc2ncnc(-c3cn(OC=O)c4ccccc34)c2cc1OC. The number of nitrogens with zero attached hydrogens (tertiary/aromatic N) is 3. The summed E-state index contributed by atoms with van der Waals surface area (Å²) in [5.41, 5.74) is 2.97. The van der Waals surface area contributed by atoms with E-state index in [2.05, 4.69) is 9.97 Å². The number of hydrogen-bond acceptors (Lipinski definition) is 7. The molecule has 2 aromatic carbocycles. The molecule has 8 nitrogen and oxygen atoms in total. The third-order valence-corrected chi connectivity index (χ3v) is 4.56. The fourth-order valence-electron chi connectivity index (χ4n) is 3.26. The summed E-state index contributed by atoms with van der Waals surface area (Å²) in [6, 6.07) is 11.3. The van der Waals surface area contributed by atoms with Crippen molar-refractivity contribution in [2.24, 2.45) is 0 Å². The van der Waals surface area contributed by atoms with Gasteiger partial charge in [0, 0.05) is 29.5 Å². The van der Waals surface area contributed by atoms with Crippen molar-refractivity contribution in [3.8, 4) is 22.8 Å². The Morgan fingerprint density at radius 3 is 2.69 bits per heavy atom. The van der Waals surface area contributed by atoms with Gasteiger partial charge in [0.2, 0.25) is 0 Å². The number of fused-ring (bicyclic) bond motifs is 2. The smallest absolute Gasteiger partial charge is 0.321 e. The monoisotopic (exact) mass is 393 g/mol. The molecular formula is C21H19N3O5. The van der Waals surface area contributed by atoms with Crippen LogP contribution in [0.4, 0.5) is 0 Å². The van der Waals surface area contributed by atoms with Gasteiger partial charge in [-0.1, -0.05) is 18.2 Å². The van der Waals surface area contributed by atoms with E-state index in [0.29, 0.717) is 42.4 Å². The molecule has 0 bridgehead atoms. The van der Waals surface area contributed by atoms with Crippen molar-refractivity contribution in [1.29, 1.82) is 0 Å². The van der Waals surface area contributed by atoms with Crippen LogP contribution in [-0.4, -0.2) is 48.6 Å². The molecule has 2 aromatic heterocycles. The molecule has 148 valence electrons. The van der Waals surface area contributed by atoms with Crippen LogP contribution in [0.1, 0.15) is 0 Å². The first-order valence-corrected chi connectivity index (χ1v) is 8.92. The Kier molecular flexibility index (Phi) is 5.26. The first-order valence-electron chi connectivity index (χ1n) is 8.92. The summed E-state index contributed by atoms with van der Waals surface area (Å²) in [5, 5.41) is 1.69. The van der Waals surface area contributed by atoms with Crippen molar-refractivity contribution in [2.45, 2.75) is 0 Å². The molecule has 0 N–H and O–H groups in total. The van der Waals surface area contributed by atoms with Crippen LogP contribution in [0.25, 0.3) is 33.1 Å². The van der Waals surface area contributed by atoms with Gasteiger partial charge in [0.15, 0.2) is 11.5 Å². The Morgan fingerprint density at radius 1 is 1.03 bits per heavy atom. The minimum atomic E-state index is 0.390. The number of carbonyl (C=O) groups is 1. The predicted octanol–water partition coefficient (Wildman–Crippen LogP) is 2.87.